The molecule has 0 saturated carbocycles. The molecule has 0 atom stereocenters. The molecule has 4 rings (SSSR count). The van der Waals surface area contributed by atoms with Crippen LogP contribution < -0.4 is 0 Å². The van der Waals surface area contributed by atoms with Crippen LogP contribution in [0.1, 0.15) is 31.1 Å². The lowest BCUT2D eigenvalue weighted by atomic mass is 10.1. The molecule has 9 nitrogen and oxygen atoms in total. The number of esters is 1. The average molecular weight is 465 g/mol. The van der Waals surface area contributed by atoms with Crippen molar-refractivity contribution in [1.82, 2.24) is 9.21 Å². The standard InChI is InChI=1S/C20H17ClN2O7S/c21-17-6-5-13(31(27,28)22-7-9-29-10-8-22)11-16(17)20(26)30-12-23-18(24)14-3-1-2-4-15(14)19(23)25/h1-6,11H,7-10,12H2. The molecule has 31 heavy (non-hydrogen) atoms. The van der Waals surface area contributed by atoms with Crippen molar-refractivity contribution >= 4 is 39.4 Å². The van der Waals surface area contributed by atoms with Crippen LogP contribution in [-0.4, -0.2) is 68.4 Å². The lowest BCUT2D eigenvalue weighted by Crippen LogP contribution is -2.40. The van der Waals surface area contributed by atoms with E-state index >= 15 is 0 Å². The molecule has 1 fully saturated rings. The van der Waals surface area contributed by atoms with Gasteiger partial charge < -0.3 is 9.47 Å². The molecule has 0 radical (unpaired) electrons. The van der Waals surface area contributed by atoms with E-state index in [4.69, 9.17) is 21.1 Å². The van der Waals surface area contributed by atoms with Crippen molar-refractivity contribution in [2.24, 2.45) is 0 Å². The Hall–Kier alpha value is -2.79. The molecule has 2 aromatic rings. The quantitative estimate of drug-likeness (QED) is 0.489. The topological polar surface area (TPSA) is 110 Å². The van der Waals surface area contributed by atoms with Gasteiger partial charge in [-0.2, -0.15) is 4.31 Å². The van der Waals surface area contributed by atoms with Crippen LogP contribution in [0.5, 0.6) is 0 Å². The number of morpholine rings is 1. The number of rotatable bonds is 5. The molecular formula is C20H17ClN2O7S. The van der Waals surface area contributed by atoms with Crippen LogP contribution in [0.25, 0.3) is 0 Å². The molecule has 2 aliphatic heterocycles. The molecule has 0 unspecified atom stereocenters. The second-order valence-electron chi connectivity index (χ2n) is 6.80. The van der Waals surface area contributed by atoms with E-state index in [-0.39, 0.29) is 52.9 Å². The first-order chi connectivity index (χ1) is 14.8. The highest BCUT2D eigenvalue weighted by molar-refractivity contribution is 7.89. The fourth-order valence-electron chi connectivity index (χ4n) is 3.31. The van der Waals surface area contributed by atoms with E-state index in [1.807, 2.05) is 0 Å². The van der Waals surface area contributed by atoms with Crippen molar-refractivity contribution in [2.75, 3.05) is 33.0 Å². The number of carbonyl (C=O) groups excluding carboxylic acids is 3. The van der Waals surface area contributed by atoms with Crippen LogP contribution in [0.15, 0.2) is 47.4 Å². The highest BCUT2D eigenvalue weighted by atomic mass is 35.5. The summed E-state index contributed by atoms with van der Waals surface area (Å²) in [6.45, 7) is 0.334. The Bertz CT molecular complexity index is 1140. The summed E-state index contributed by atoms with van der Waals surface area (Å²) < 4.78 is 37.2. The smallest absolute Gasteiger partial charge is 0.341 e. The van der Waals surface area contributed by atoms with Crippen molar-refractivity contribution in [3.63, 3.8) is 0 Å². The number of sulfonamides is 1. The maximum absolute atomic E-state index is 12.8. The zero-order valence-corrected chi connectivity index (χ0v) is 17.7. The van der Waals surface area contributed by atoms with Gasteiger partial charge in [0, 0.05) is 13.1 Å². The number of imide groups is 1. The van der Waals surface area contributed by atoms with Gasteiger partial charge in [-0.3, -0.25) is 9.59 Å². The Balaban J connectivity index is 1.51. The van der Waals surface area contributed by atoms with Gasteiger partial charge in [-0.05, 0) is 30.3 Å². The van der Waals surface area contributed by atoms with E-state index in [0.29, 0.717) is 0 Å². The number of ether oxygens (including phenoxy) is 2. The van der Waals surface area contributed by atoms with Gasteiger partial charge in [-0.15, -0.1) is 0 Å². The molecule has 2 amide bonds. The SMILES string of the molecule is O=C(OCN1C(=O)c2ccccc2C1=O)c1cc(S(=O)(=O)N2CCOCC2)ccc1Cl. The zero-order valence-electron chi connectivity index (χ0n) is 16.1. The summed E-state index contributed by atoms with van der Waals surface area (Å²) in [5.41, 5.74) is 0.257. The van der Waals surface area contributed by atoms with E-state index in [0.717, 1.165) is 11.0 Å². The second kappa shape index (κ2) is 8.39. The summed E-state index contributed by atoms with van der Waals surface area (Å²) in [5, 5.41) is -0.0201. The lowest BCUT2D eigenvalue weighted by Gasteiger charge is -2.26. The third kappa shape index (κ3) is 3.94. The normalized spacial score (nSPS) is 17.0. The molecule has 0 aliphatic carbocycles. The highest BCUT2D eigenvalue weighted by Gasteiger charge is 2.36. The monoisotopic (exact) mass is 464 g/mol. The molecule has 2 aromatic carbocycles. The minimum atomic E-state index is -3.85. The minimum absolute atomic E-state index is 0.0201. The third-order valence-electron chi connectivity index (χ3n) is 4.97. The van der Waals surface area contributed by atoms with Gasteiger partial charge in [-0.1, -0.05) is 23.7 Å². The minimum Gasteiger partial charge on any atom is -0.440 e. The fraction of sp³-hybridized carbons (Fsp3) is 0.250. The molecule has 0 aromatic heterocycles. The number of fused-ring (bicyclic) bond motifs is 1. The van der Waals surface area contributed by atoms with Crippen LogP contribution in [0, 0.1) is 0 Å². The molecule has 0 N–H and O–H groups in total. The molecule has 0 bridgehead atoms. The van der Waals surface area contributed by atoms with E-state index < -0.39 is 34.5 Å². The molecule has 1 saturated heterocycles. The number of halogens is 1. The van der Waals surface area contributed by atoms with Crippen molar-refractivity contribution in [2.45, 2.75) is 4.90 Å². The van der Waals surface area contributed by atoms with E-state index in [2.05, 4.69) is 0 Å². The molecule has 2 heterocycles. The zero-order chi connectivity index (χ0) is 22.2. The van der Waals surface area contributed by atoms with Crippen molar-refractivity contribution in [1.29, 1.82) is 0 Å². The Morgan fingerprint density at radius 2 is 1.65 bits per heavy atom. The van der Waals surface area contributed by atoms with Crippen molar-refractivity contribution in [3.8, 4) is 0 Å². The largest absolute Gasteiger partial charge is 0.440 e. The number of benzene rings is 2. The molecule has 0 spiro atoms. The second-order valence-corrected chi connectivity index (χ2v) is 9.15. The summed E-state index contributed by atoms with van der Waals surface area (Å²) in [6, 6.07) is 9.97. The summed E-state index contributed by atoms with van der Waals surface area (Å²) >= 11 is 6.08. The molecule has 162 valence electrons. The van der Waals surface area contributed by atoms with E-state index in [1.54, 1.807) is 12.1 Å². The maximum Gasteiger partial charge on any atom is 0.341 e. The Kier molecular flexibility index (Phi) is 5.80. The number of nitrogens with zero attached hydrogens (tertiary/aromatic N) is 2. The molecular weight excluding hydrogens is 448 g/mol. The van der Waals surface area contributed by atoms with Crippen LogP contribution in [0.2, 0.25) is 5.02 Å². The van der Waals surface area contributed by atoms with Crippen LogP contribution in [-0.2, 0) is 19.5 Å². The highest BCUT2D eigenvalue weighted by Crippen LogP contribution is 2.26. The van der Waals surface area contributed by atoms with Gasteiger partial charge in [-0.25, -0.2) is 18.1 Å². The Morgan fingerprint density at radius 3 is 2.26 bits per heavy atom. The number of carbonyl (C=O) groups is 3. The number of hydrogen-bond acceptors (Lipinski definition) is 7. The number of hydrogen-bond donors (Lipinski definition) is 0. The first kappa shape index (κ1) is 21.4. The summed E-state index contributed by atoms with van der Waals surface area (Å²) in [4.78, 5) is 38.0. The van der Waals surface area contributed by atoms with Gasteiger partial charge in [0.05, 0.1) is 39.8 Å². The third-order valence-corrected chi connectivity index (χ3v) is 7.19. The van der Waals surface area contributed by atoms with Gasteiger partial charge in [0.25, 0.3) is 11.8 Å². The van der Waals surface area contributed by atoms with Crippen LogP contribution in [0.4, 0.5) is 0 Å². The van der Waals surface area contributed by atoms with Gasteiger partial charge in [0.2, 0.25) is 10.0 Å². The first-order valence-corrected chi connectivity index (χ1v) is 11.1. The van der Waals surface area contributed by atoms with E-state index in [1.165, 1.54) is 28.6 Å². The molecule has 2 aliphatic rings. The summed E-state index contributed by atoms with van der Waals surface area (Å²) in [6.07, 6.45) is 0. The summed E-state index contributed by atoms with van der Waals surface area (Å²) in [7, 11) is -3.85. The Labute approximate surface area is 183 Å². The van der Waals surface area contributed by atoms with E-state index in [9.17, 15) is 22.8 Å². The first-order valence-electron chi connectivity index (χ1n) is 9.30. The predicted molar refractivity (Wildman–Crippen MR) is 108 cm³/mol. The fourth-order valence-corrected chi connectivity index (χ4v) is 4.94. The van der Waals surface area contributed by atoms with Gasteiger partial charge in [0.15, 0.2) is 6.73 Å². The van der Waals surface area contributed by atoms with Crippen LogP contribution >= 0.6 is 11.6 Å². The van der Waals surface area contributed by atoms with Crippen LogP contribution in [0.3, 0.4) is 0 Å². The average Bonchev–Trinajstić information content (AvgIpc) is 3.03. The van der Waals surface area contributed by atoms with Gasteiger partial charge >= 0.3 is 5.97 Å². The molecule has 11 heteroatoms. The maximum atomic E-state index is 12.8. The number of amides is 2. The van der Waals surface area contributed by atoms with Gasteiger partial charge in [0.1, 0.15) is 0 Å². The van der Waals surface area contributed by atoms with Crippen molar-refractivity contribution < 1.29 is 32.3 Å². The lowest BCUT2D eigenvalue weighted by molar-refractivity contribution is 0.0228. The predicted octanol–water partition coefficient (Wildman–Crippen LogP) is 1.77. The van der Waals surface area contributed by atoms with Crippen molar-refractivity contribution in [3.05, 3.63) is 64.2 Å². The summed E-state index contributed by atoms with van der Waals surface area (Å²) in [5.74, 6) is -2.12. The Morgan fingerprint density at radius 1 is 1.03 bits per heavy atom.